The third kappa shape index (κ3) is 10.1. The van der Waals surface area contributed by atoms with Crippen molar-refractivity contribution in [3.05, 3.63) is 60.2 Å². The predicted molar refractivity (Wildman–Crippen MR) is 120 cm³/mol. The van der Waals surface area contributed by atoms with Gasteiger partial charge in [0.2, 0.25) is 5.91 Å². The summed E-state index contributed by atoms with van der Waals surface area (Å²) >= 11 is 0. The number of carbonyl (C=O) groups excluding carboxylic acids is 2. The molecule has 0 aliphatic carbocycles. The number of carbonyl (C=O) groups is 2. The van der Waals surface area contributed by atoms with Gasteiger partial charge in [-0.25, -0.2) is 0 Å². The van der Waals surface area contributed by atoms with E-state index in [-0.39, 0.29) is 24.7 Å². The molecule has 5 nitrogen and oxygen atoms in total. The van der Waals surface area contributed by atoms with Crippen LogP contribution in [0.4, 0.5) is 5.69 Å². The number of hydrogen-bond acceptors (Lipinski definition) is 4. The molecule has 0 saturated heterocycles. The van der Waals surface area contributed by atoms with E-state index >= 15 is 0 Å². The van der Waals surface area contributed by atoms with Crippen molar-refractivity contribution in [3.8, 4) is 5.75 Å². The maximum Gasteiger partial charge on any atom is 0.305 e. The van der Waals surface area contributed by atoms with Crippen LogP contribution in [0.1, 0.15) is 51.5 Å². The number of rotatable bonds is 13. The van der Waals surface area contributed by atoms with E-state index in [4.69, 9.17) is 9.47 Å². The summed E-state index contributed by atoms with van der Waals surface area (Å²) in [6.45, 7) is 5.42. The molecule has 162 valence electrons. The van der Waals surface area contributed by atoms with Crippen LogP contribution in [0.5, 0.6) is 5.75 Å². The molecule has 0 unspecified atom stereocenters. The zero-order valence-electron chi connectivity index (χ0n) is 18.1. The molecule has 30 heavy (non-hydrogen) atoms. The van der Waals surface area contributed by atoms with Crippen LogP contribution < -0.4 is 10.1 Å². The Hall–Kier alpha value is -2.82. The Labute approximate surface area is 179 Å². The Morgan fingerprint density at radius 2 is 1.63 bits per heavy atom. The number of aryl methyl sites for hydroxylation is 1. The lowest BCUT2D eigenvalue weighted by Gasteiger charge is -2.09. The van der Waals surface area contributed by atoms with Crippen molar-refractivity contribution < 1.29 is 19.1 Å². The summed E-state index contributed by atoms with van der Waals surface area (Å²) in [6.07, 6.45) is 3.70. The molecule has 1 amide bonds. The molecule has 0 fully saturated rings. The molecule has 2 rings (SSSR count). The second kappa shape index (κ2) is 13.4. The smallest absolute Gasteiger partial charge is 0.305 e. The number of hydrogen-bond donors (Lipinski definition) is 1. The minimum atomic E-state index is -0.251. The van der Waals surface area contributed by atoms with Crippen LogP contribution in [0, 0.1) is 5.92 Å². The van der Waals surface area contributed by atoms with Crippen molar-refractivity contribution in [2.45, 2.75) is 52.4 Å². The number of nitrogens with one attached hydrogen (secondary N) is 1. The van der Waals surface area contributed by atoms with Crippen molar-refractivity contribution in [1.29, 1.82) is 0 Å². The standard InChI is InChI=1S/C25H33NO4/c1-20(2)17-19-29-23-15-13-22(14-16-23)26-24(27)11-6-12-25(28)30-18-7-10-21-8-4-3-5-9-21/h3-5,8-9,13-16,20H,6-7,10-12,17-19H2,1-2H3,(H,26,27). The lowest BCUT2D eigenvalue weighted by Crippen LogP contribution is -2.13. The third-order valence-electron chi connectivity index (χ3n) is 4.60. The largest absolute Gasteiger partial charge is 0.494 e. The molecule has 0 aromatic heterocycles. The van der Waals surface area contributed by atoms with E-state index in [0.29, 0.717) is 25.6 Å². The van der Waals surface area contributed by atoms with Gasteiger partial charge in [-0.15, -0.1) is 0 Å². The van der Waals surface area contributed by atoms with Gasteiger partial charge in [0.15, 0.2) is 0 Å². The van der Waals surface area contributed by atoms with Crippen LogP contribution in [-0.4, -0.2) is 25.1 Å². The first-order valence-electron chi connectivity index (χ1n) is 10.7. The van der Waals surface area contributed by atoms with Crippen molar-refractivity contribution in [2.75, 3.05) is 18.5 Å². The van der Waals surface area contributed by atoms with Crippen LogP contribution in [0.25, 0.3) is 0 Å². The van der Waals surface area contributed by atoms with Gasteiger partial charge in [-0.1, -0.05) is 44.2 Å². The molecule has 0 saturated carbocycles. The van der Waals surface area contributed by atoms with E-state index in [0.717, 1.165) is 30.7 Å². The van der Waals surface area contributed by atoms with Gasteiger partial charge in [0.25, 0.3) is 0 Å². The minimum absolute atomic E-state index is 0.111. The summed E-state index contributed by atoms with van der Waals surface area (Å²) in [5.41, 5.74) is 1.96. The Morgan fingerprint density at radius 1 is 0.900 bits per heavy atom. The summed E-state index contributed by atoms with van der Waals surface area (Å²) in [4.78, 5) is 23.8. The Balaban J connectivity index is 1.55. The van der Waals surface area contributed by atoms with Gasteiger partial charge < -0.3 is 14.8 Å². The fourth-order valence-electron chi connectivity index (χ4n) is 2.84. The lowest BCUT2D eigenvalue weighted by molar-refractivity contribution is -0.143. The van der Waals surface area contributed by atoms with Gasteiger partial charge in [0.1, 0.15) is 5.75 Å². The van der Waals surface area contributed by atoms with E-state index in [9.17, 15) is 9.59 Å². The topological polar surface area (TPSA) is 64.6 Å². The minimum Gasteiger partial charge on any atom is -0.494 e. The Bertz CT molecular complexity index is 756. The average molecular weight is 412 g/mol. The van der Waals surface area contributed by atoms with Crippen molar-refractivity contribution >= 4 is 17.6 Å². The second-order valence-corrected chi connectivity index (χ2v) is 7.77. The van der Waals surface area contributed by atoms with Crippen LogP contribution in [-0.2, 0) is 20.7 Å². The second-order valence-electron chi connectivity index (χ2n) is 7.77. The van der Waals surface area contributed by atoms with Gasteiger partial charge >= 0.3 is 5.97 Å². The molecule has 0 radical (unpaired) electrons. The number of anilines is 1. The van der Waals surface area contributed by atoms with Crippen molar-refractivity contribution in [3.63, 3.8) is 0 Å². The van der Waals surface area contributed by atoms with Crippen molar-refractivity contribution in [2.24, 2.45) is 5.92 Å². The van der Waals surface area contributed by atoms with Gasteiger partial charge in [-0.3, -0.25) is 9.59 Å². The van der Waals surface area contributed by atoms with E-state index in [1.54, 1.807) is 0 Å². The molecular weight excluding hydrogens is 378 g/mol. The lowest BCUT2D eigenvalue weighted by atomic mass is 10.1. The first-order chi connectivity index (χ1) is 14.5. The van der Waals surface area contributed by atoms with E-state index < -0.39 is 0 Å². The summed E-state index contributed by atoms with van der Waals surface area (Å²) in [5, 5.41) is 2.84. The third-order valence-corrected chi connectivity index (χ3v) is 4.60. The van der Waals surface area contributed by atoms with E-state index in [2.05, 4.69) is 31.3 Å². The van der Waals surface area contributed by atoms with Gasteiger partial charge in [0.05, 0.1) is 13.2 Å². The van der Waals surface area contributed by atoms with Crippen LogP contribution in [0.2, 0.25) is 0 Å². The summed E-state index contributed by atoms with van der Waals surface area (Å²) in [7, 11) is 0. The Morgan fingerprint density at radius 3 is 2.33 bits per heavy atom. The molecular formula is C25H33NO4. The van der Waals surface area contributed by atoms with Crippen LogP contribution in [0.15, 0.2) is 54.6 Å². The normalized spacial score (nSPS) is 10.6. The van der Waals surface area contributed by atoms with E-state index in [1.807, 2.05) is 42.5 Å². The number of ether oxygens (including phenoxy) is 2. The molecule has 5 heteroatoms. The first kappa shape index (κ1) is 23.5. The summed E-state index contributed by atoms with van der Waals surface area (Å²) in [5.74, 6) is 1.04. The molecule has 0 aliphatic heterocycles. The van der Waals surface area contributed by atoms with Gasteiger partial charge in [-0.05, 0) is 61.4 Å². The Kier molecular flexibility index (Phi) is 10.5. The van der Waals surface area contributed by atoms with Crippen LogP contribution >= 0.6 is 0 Å². The number of benzene rings is 2. The molecule has 0 aliphatic rings. The highest BCUT2D eigenvalue weighted by Gasteiger charge is 2.07. The summed E-state index contributed by atoms with van der Waals surface area (Å²) in [6, 6.07) is 17.5. The van der Waals surface area contributed by atoms with E-state index in [1.165, 1.54) is 5.56 Å². The highest BCUT2D eigenvalue weighted by molar-refractivity contribution is 5.90. The first-order valence-corrected chi connectivity index (χ1v) is 10.7. The zero-order valence-corrected chi connectivity index (χ0v) is 18.1. The van der Waals surface area contributed by atoms with Gasteiger partial charge in [-0.2, -0.15) is 0 Å². The number of esters is 1. The summed E-state index contributed by atoms with van der Waals surface area (Å²) < 4.78 is 10.9. The SMILES string of the molecule is CC(C)CCOc1ccc(NC(=O)CCCC(=O)OCCCc2ccccc2)cc1. The number of amides is 1. The fraction of sp³-hybridized carbons (Fsp3) is 0.440. The highest BCUT2D eigenvalue weighted by atomic mass is 16.5. The molecule has 2 aromatic carbocycles. The predicted octanol–water partition coefficient (Wildman–Crippen LogP) is 5.40. The molecule has 1 N–H and O–H groups in total. The fourth-order valence-corrected chi connectivity index (χ4v) is 2.84. The zero-order chi connectivity index (χ0) is 21.6. The monoisotopic (exact) mass is 411 g/mol. The quantitative estimate of drug-likeness (QED) is 0.354. The van der Waals surface area contributed by atoms with Gasteiger partial charge in [0, 0.05) is 18.5 Å². The maximum absolute atomic E-state index is 12.0. The van der Waals surface area contributed by atoms with Crippen molar-refractivity contribution in [1.82, 2.24) is 0 Å². The van der Waals surface area contributed by atoms with Crippen LogP contribution in [0.3, 0.4) is 0 Å². The molecule has 0 heterocycles. The molecule has 0 atom stereocenters. The average Bonchev–Trinajstić information content (AvgIpc) is 2.73. The molecule has 2 aromatic rings. The maximum atomic E-state index is 12.0. The highest BCUT2D eigenvalue weighted by Crippen LogP contribution is 2.17. The molecule has 0 bridgehead atoms. The molecule has 0 spiro atoms.